The normalized spacial score (nSPS) is 32.5. The van der Waals surface area contributed by atoms with Crippen LogP contribution in [-0.4, -0.2) is 89.6 Å². The molecule has 6 aliphatic rings. The molecule has 3 unspecified atom stereocenters. The Hall–Kier alpha value is -3.09. The number of fused-ring (bicyclic) bond motifs is 2. The number of allylic oxidation sites excluding steroid dienone is 1. The highest BCUT2D eigenvalue weighted by atomic mass is 16.8. The summed E-state index contributed by atoms with van der Waals surface area (Å²) in [4.78, 5) is 39.5. The van der Waals surface area contributed by atoms with Gasteiger partial charge in [0.15, 0.2) is 5.79 Å². The van der Waals surface area contributed by atoms with Crippen molar-refractivity contribution >= 4 is 23.9 Å². The Morgan fingerprint density at radius 2 is 1.78 bits per heavy atom. The molecule has 7 rings (SSSR count). The molecule has 2 saturated heterocycles. The van der Waals surface area contributed by atoms with Crippen LogP contribution in [0.3, 0.4) is 0 Å². The summed E-state index contributed by atoms with van der Waals surface area (Å²) in [5.74, 6) is -1.39. The van der Waals surface area contributed by atoms with Gasteiger partial charge in [-0.1, -0.05) is 24.3 Å². The zero-order chi connectivity index (χ0) is 32.0. The summed E-state index contributed by atoms with van der Waals surface area (Å²) in [5, 5.41) is 24.4. The first-order valence-electron chi connectivity index (χ1n) is 16.8. The smallest absolute Gasteiger partial charge is 0.338 e. The van der Waals surface area contributed by atoms with Crippen LogP contribution in [-0.2, 0) is 28.5 Å². The molecular formula is C35H44N2O9. The molecule has 2 heterocycles. The van der Waals surface area contributed by atoms with Gasteiger partial charge in [-0.15, -0.1) is 0 Å². The average Bonchev–Trinajstić information content (AvgIpc) is 3.92. The molecule has 5 fully saturated rings. The highest BCUT2D eigenvalue weighted by Gasteiger charge is 2.64. The minimum atomic E-state index is -1.24. The predicted octanol–water partition coefficient (Wildman–Crippen LogP) is 2.40. The molecule has 248 valence electrons. The highest BCUT2D eigenvalue weighted by Crippen LogP contribution is 2.59. The molecule has 0 aromatic heterocycles. The molecule has 0 radical (unpaired) electrons. The van der Waals surface area contributed by atoms with Crippen LogP contribution >= 0.6 is 0 Å². The topological polar surface area (TPSA) is 156 Å². The minimum Gasteiger partial charge on any atom is -0.456 e. The van der Waals surface area contributed by atoms with Crippen molar-refractivity contribution in [2.24, 2.45) is 17.8 Å². The van der Waals surface area contributed by atoms with Crippen molar-refractivity contribution in [1.29, 1.82) is 0 Å². The third-order valence-electron chi connectivity index (χ3n) is 10.2. The van der Waals surface area contributed by atoms with Gasteiger partial charge in [-0.3, -0.25) is 9.59 Å². The van der Waals surface area contributed by atoms with Crippen LogP contribution in [0.15, 0.2) is 42.0 Å². The summed E-state index contributed by atoms with van der Waals surface area (Å²) in [5.41, 5.74) is 1.68. The summed E-state index contributed by atoms with van der Waals surface area (Å²) < 4.78 is 25.0. The van der Waals surface area contributed by atoms with Crippen LogP contribution in [0.1, 0.15) is 74.2 Å². The number of esters is 1. The third kappa shape index (κ3) is 6.66. The number of carbonyl (C=O) groups excluding carboxylic acids is 3. The van der Waals surface area contributed by atoms with Crippen molar-refractivity contribution in [3.63, 3.8) is 0 Å². The van der Waals surface area contributed by atoms with Crippen molar-refractivity contribution in [1.82, 2.24) is 10.6 Å². The SMILES string of the molecule is C[C@H](O)[C@@H](NC(=O)C1=C[C@H]2OC(C3CC3)(C3CC3)O[C@H]2[C@H](OC(=O)c2ccc(C=CC3CCC4OC4C3)cc2)C1)C(=O)NCCO. The number of ether oxygens (including phenoxy) is 4. The molecule has 0 spiro atoms. The fourth-order valence-electron chi connectivity index (χ4n) is 7.29. The number of hydrogen-bond donors (Lipinski definition) is 4. The van der Waals surface area contributed by atoms with Gasteiger partial charge in [0.1, 0.15) is 24.4 Å². The second-order valence-corrected chi connectivity index (χ2v) is 13.7. The maximum atomic E-state index is 13.5. The van der Waals surface area contributed by atoms with Crippen molar-refractivity contribution in [3.8, 4) is 0 Å². The molecule has 1 aromatic rings. The van der Waals surface area contributed by atoms with Crippen LogP contribution in [0.5, 0.6) is 0 Å². The molecule has 2 amide bonds. The number of aliphatic hydroxyl groups is 2. The van der Waals surface area contributed by atoms with E-state index in [4.69, 9.17) is 24.1 Å². The molecule has 11 nitrogen and oxygen atoms in total. The number of amides is 2. The van der Waals surface area contributed by atoms with E-state index in [0.717, 1.165) is 50.5 Å². The third-order valence-corrected chi connectivity index (χ3v) is 10.2. The van der Waals surface area contributed by atoms with Crippen LogP contribution in [0.2, 0.25) is 0 Å². The largest absolute Gasteiger partial charge is 0.456 e. The Bertz CT molecular complexity index is 1370. The standard InChI is InChI=1S/C35H44N2O9/c1-19(39)30(33(41)36-14-15-38)37-32(40)23-17-28(31-29(18-23)45-35(46-31,24-9-10-24)25-11-12-25)44-34(42)22-7-4-20(5-8-22)2-3-21-6-13-26-27(16-21)43-26/h2-5,7-8,18-19,21,24-31,38-39H,6,9-17H2,1H3,(H,36,41)(H,37,40)/t19-,21?,26?,27?,28+,29+,30+,31-/m0/s1. The van der Waals surface area contributed by atoms with E-state index < -0.39 is 54.0 Å². The average molecular weight is 637 g/mol. The van der Waals surface area contributed by atoms with Gasteiger partial charge in [0.05, 0.1) is 30.5 Å². The number of rotatable bonds is 12. The van der Waals surface area contributed by atoms with E-state index >= 15 is 0 Å². The van der Waals surface area contributed by atoms with Crippen molar-refractivity contribution in [2.75, 3.05) is 13.2 Å². The van der Waals surface area contributed by atoms with Gasteiger partial charge in [-0.2, -0.15) is 0 Å². The molecule has 0 bridgehead atoms. The van der Waals surface area contributed by atoms with Gasteiger partial charge in [-0.25, -0.2) is 4.79 Å². The molecule has 3 saturated carbocycles. The van der Waals surface area contributed by atoms with Crippen LogP contribution < -0.4 is 10.6 Å². The second-order valence-electron chi connectivity index (χ2n) is 13.7. The Labute approximate surface area is 268 Å². The first-order chi connectivity index (χ1) is 22.2. The molecular weight excluding hydrogens is 592 g/mol. The lowest BCUT2D eigenvalue weighted by Gasteiger charge is -2.31. The number of nitrogens with one attached hydrogen (secondary N) is 2. The number of aliphatic hydroxyl groups excluding tert-OH is 2. The summed E-state index contributed by atoms with van der Waals surface area (Å²) in [6.07, 6.45) is 11.2. The van der Waals surface area contributed by atoms with Gasteiger partial charge in [0.2, 0.25) is 11.8 Å². The molecule has 1 aromatic carbocycles. The second kappa shape index (κ2) is 12.8. The fraction of sp³-hybridized carbons (Fsp3) is 0.629. The van der Waals surface area contributed by atoms with Crippen molar-refractivity contribution < 1.29 is 43.5 Å². The maximum Gasteiger partial charge on any atom is 0.338 e. The summed E-state index contributed by atoms with van der Waals surface area (Å²) in [6, 6.07) is 6.05. The lowest BCUT2D eigenvalue weighted by atomic mass is 9.89. The number of benzene rings is 1. The Balaban J connectivity index is 1.05. The Kier molecular flexibility index (Phi) is 8.79. The van der Waals surface area contributed by atoms with Crippen LogP contribution in [0, 0.1) is 17.8 Å². The molecule has 2 aliphatic heterocycles. The minimum absolute atomic E-state index is 0.00793. The van der Waals surface area contributed by atoms with E-state index in [0.29, 0.717) is 23.7 Å². The number of epoxide rings is 1. The Morgan fingerprint density at radius 3 is 2.43 bits per heavy atom. The molecule has 8 atom stereocenters. The molecule has 46 heavy (non-hydrogen) atoms. The van der Waals surface area contributed by atoms with Gasteiger partial charge in [0.25, 0.3) is 0 Å². The van der Waals surface area contributed by atoms with E-state index in [1.165, 1.54) is 6.92 Å². The van der Waals surface area contributed by atoms with E-state index in [1.54, 1.807) is 18.2 Å². The monoisotopic (exact) mass is 636 g/mol. The molecule has 4 aliphatic carbocycles. The van der Waals surface area contributed by atoms with E-state index in [2.05, 4.69) is 22.8 Å². The molecule has 4 N–H and O–H groups in total. The van der Waals surface area contributed by atoms with E-state index in [9.17, 15) is 19.5 Å². The van der Waals surface area contributed by atoms with Gasteiger partial charge < -0.3 is 39.8 Å². The quantitative estimate of drug-likeness (QED) is 0.200. The number of hydrogen-bond acceptors (Lipinski definition) is 9. The van der Waals surface area contributed by atoms with Crippen molar-refractivity contribution in [3.05, 3.63) is 53.1 Å². The van der Waals surface area contributed by atoms with Gasteiger partial charge >= 0.3 is 5.97 Å². The van der Waals surface area contributed by atoms with Gasteiger partial charge in [0, 0.05) is 30.4 Å². The molecule has 11 heteroatoms. The van der Waals surface area contributed by atoms with E-state index in [1.807, 2.05) is 12.1 Å². The predicted molar refractivity (Wildman–Crippen MR) is 165 cm³/mol. The first-order valence-corrected chi connectivity index (χ1v) is 16.8. The zero-order valence-corrected chi connectivity index (χ0v) is 26.1. The first kappa shape index (κ1) is 31.5. The summed E-state index contributed by atoms with van der Waals surface area (Å²) >= 11 is 0. The van der Waals surface area contributed by atoms with E-state index in [-0.39, 0.29) is 37.0 Å². The Morgan fingerprint density at radius 1 is 1.04 bits per heavy atom. The number of carbonyl (C=O) groups is 3. The lowest BCUT2D eigenvalue weighted by molar-refractivity contribution is -0.209. The zero-order valence-electron chi connectivity index (χ0n) is 26.1. The van der Waals surface area contributed by atoms with Crippen LogP contribution in [0.25, 0.3) is 6.08 Å². The van der Waals surface area contributed by atoms with Crippen LogP contribution in [0.4, 0.5) is 0 Å². The van der Waals surface area contributed by atoms with Gasteiger partial charge in [-0.05, 0) is 81.6 Å². The highest BCUT2D eigenvalue weighted by molar-refractivity contribution is 5.97. The maximum absolute atomic E-state index is 13.5. The fourth-order valence-corrected chi connectivity index (χ4v) is 7.29. The summed E-state index contributed by atoms with van der Waals surface area (Å²) in [7, 11) is 0. The summed E-state index contributed by atoms with van der Waals surface area (Å²) in [6.45, 7) is 1.12. The van der Waals surface area contributed by atoms with Crippen molar-refractivity contribution in [2.45, 2.75) is 107 Å². The lowest BCUT2D eigenvalue weighted by Crippen LogP contribution is -2.54.